The standard InChI is InChI=1S/C51H26B5N3O/c52-44-43(45(53)47(55)48(56)46(44)54)30-11-8-12-31(23-30)50-57-49(27-9-2-1-3-10-27)58-51(59-50)32-19-22-39-38-21-18-29(25-41(38)60-42(39)26-32)28-17-20-37-35-15-5-4-13-33(35)34-14-6-7-16-36(34)40(37)24-28/h1-26H. The first kappa shape index (κ1) is 36.0. The Bertz CT molecular complexity index is 3500. The zero-order valence-electron chi connectivity index (χ0n) is 32.1. The van der Waals surface area contributed by atoms with Crippen molar-refractivity contribution >= 4 is 121 Å². The van der Waals surface area contributed by atoms with Gasteiger partial charge in [-0.15, -0.1) is 16.4 Å². The van der Waals surface area contributed by atoms with E-state index in [0.29, 0.717) is 34.2 Å². The van der Waals surface area contributed by atoms with E-state index < -0.39 is 0 Å². The number of nitrogens with zero attached hydrogens (tertiary/aromatic N) is 3. The van der Waals surface area contributed by atoms with Crippen molar-refractivity contribution < 1.29 is 4.42 Å². The monoisotopic (exact) mass is 751 g/mol. The molecule has 2 heterocycles. The highest BCUT2D eigenvalue weighted by Crippen LogP contribution is 2.39. The van der Waals surface area contributed by atoms with E-state index in [-0.39, 0.29) is 27.3 Å². The van der Waals surface area contributed by atoms with Crippen molar-refractivity contribution in [2.75, 3.05) is 0 Å². The fraction of sp³-hybridized carbons (Fsp3) is 0. The lowest BCUT2D eigenvalue weighted by molar-refractivity contribution is 0.669. The van der Waals surface area contributed by atoms with Crippen LogP contribution in [0.3, 0.4) is 0 Å². The van der Waals surface area contributed by atoms with Crippen LogP contribution in [0, 0.1) is 0 Å². The SMILES string of the molecule is [B]c1c([B])c([B])c(-c2cccc(-c3nc(-c4ccccc4)nc(-c4ccc5c(c4)oc4cc(-c6ccc7c8ccccc8c8ccccc8c7c6)ccc45)n3)c2)c([B])c1[B]. The number of fused-ring (bicyclic) bond motifs is 9. The van der Waals surface area contributed by atoms with E-state index in [1.54, 1.807) is 0 Å². The lowest BCUT2D eigenvalue weighted by Gasteiger charge is -2.21. The molecule has 0 unspecified atom stereocenters. The molecule has 0 amide bonds. The van der Waals surface area contributed by atoms with Gasteiger partial charge in [0.1, 0.15) is 50.4 Å². The molecular weight excluding hydrogens is 725 g/mol. The predicted molar refractivity (Wildman–Crippen MR) is 254 cm³/mol. The van der Waals surface area contributed by atoms with Crippen molar-refractivity contribution in [2.24, 2.45) is 0 Å². The maximum Gasteiger partial charge on any atom is 0.164 e. The lowest BCUT2D eigenvalue weighted by atomic mass is 9.59. The third kappa shape index (κ3) is 5.79. The molecule has 11 aromatic rings. The fourth-order valence-electron chi connectivity index (χ4n) is 8.51. The minimum absolute atomic E-state index is 0.161. The van der Waals surface area contributed by atoms with Crippen LogP contribution in [0.15, 0.2) is 162 Å². The minimum atomic E-state index is 0.161. The summed E-state index contributed by atoms with van der Waals surface area (Å²) in [7, 11) is 31.4. The lowest BCUT2D eigenvalue weighted by Crippen LogP contribution is -2.55. The molecule has 0 saturated heterocycles. The summed E-state index contributed by atoms with van der Waals surface area (Å²) in [5, 5.41) is 9.49. The van der Waals surface area contributed by atoms with Gasteiger partial charge < -0.3 is 4.42 Å². The van der Waals surface area contributed by atoms with Crippen LogP contribution >= 0.6 is 0 Å². The topological polar surface area (TPSA) is 51.8 Å². The summed E-state index contributed by atoms with van der Waals surface area (Å²) >= 11 is 0. The van der Waals surface area contributed by atoms with Crippen molar-refractivity contribution in [3.8, 4) is 56.4 Å². The molecule has 60 heavy (non-hydrogen) atoms. The van der Waals surface area contributed by atoms with E-state index in [0.717, 1.165) is 44.2 Å². The van der Waals surface area contributed by atoms with E-state index in [2.05, 4.69) is 91.0 Å². The van der Waals surface area contributed by atoms with Crippen LogP contribution in [0.4, 0.5) is 0 Å². The van der Waals surface area contributed by atoms with Crippen molar-refractivity contribution in [3.05, 3.63) is 158 Å². The van der Waals surface area contributed by atoms with Gasteiger partial charge >= 0.3 is 0 Å². The van der Waals surface area contributed by atoms with Gasteiger partial charge in [-0.3, -0.25) is 0 Å². The second-order valence-corrected chi connectivity index (χ2v) is 15.1. The van der Waals surface area contributed by atoms with E-state index in [1.807, 2.05) is 66.7 Å². The first-order valence-corrected chi connectivity index (χ1v) is 19.5. The summed E-state index contributed by atoms with van der Waals surface area (Å²) in [6, 6.07) is 54.0. The number of benzene rings is 9. The van der Waals surface area contributed by atoms with Crippen LogP contribution in [0.1, 0.15) is 0 Å². The maximum atomic E-state index is 6.61. The quantitative estimate of drug-likeness (QED) is 0.135. The van der Waals surface area contributed by atoms with Gasteiger partial charge in [0.2, 0.25) is 0 Å². The molecule has 0 aliphatic carbocycles. The van der Waals surface area contributed by atoms with Crippen molar-refractivity contribution in [3.63, 3.8) is 0 Å². The molecule has 9 aromatic carbocycles. The summed E-state index contributed by atoms with van der Waals surface area (Å²) in [5.74, 6) is 1.47. The van der Waals surface area contributed by atoms with Gasteiger partial charge in [-0.05, 0) is 91.0 Å². The molecule has 0 aliphatic heterocycles. The Morgan fingerprint density at radius 3 is 1.28 bits per heavy atom. The molecule has 0 atom stereocenters. The number of rotatable bonds is 5. The highest BCUT2D eigenvalue weighted by Gasteiger charge is 2.18. The highest BCUT2D eigenvalue weighted by atomic mass is 16.3. The molecule has 11 rings (SSSR count). The van der Waals surface area contributed by atoms with E-state index >= 15 is 0 Å². The largest absolute Gasteiger partial charge is 0.456 e. The van der Waals surface area contributed by atoms with Crippen molar-refractivity contribution in [1.29, 1.82) is 0 Å². The molecular formula is C51H26B5N3O. The summed E-state index contributed by atoms with van der Waals surface area (Å²) in [6.45, 7) is 0. The van der Waals surface area contributed by atoms with Crippen LogP contribution in [-0.2, 0) is 0 Å². The van der Waals surface area contributed by atoms with Gasteiger partial charge in [-0.25, -0.2) is 15.0 Å². The summed E-state index contributed by atoms with van der Waals surface area (Å²) < 4.78 is 6.61. The van der Waals surface area contributed by atoms with E-state index in [4.69, 9.17) is 58.6 Å². The first-order chi connectivity index (χ1) is 29.3. The average molecular weight is 751 g/mol. The van der Waals surface area contributed by atoms with Crippen molar-refractivity contribution in [2.45, 2.75) is 0 Å². The van der Waals surface area contributed by atoms with Crippen LogP contribution in [0.2, 0.25) is 0 Å². The second-order valence-electron chi connectivity index (χ2n) is 15.1. The van der Waals surface area contributed by atoms with Gasteiger partial charge in [0.25, 0.3) is 0 Å². The molecule has 0 spiro atoms. The molecule has 9 heteroatoms. The maximum absolute atomic E-state index is 6.61. The van der Waals surface area contributed by atoms with Gasteiger partial charge in [0.05, 0.1) is 0 Å². The molecule has 0 bridgehead atoms. The number of aromatic nitrogens is 3. The zero-order valence-corrected chi connectivity index (χ0v) is 32.1. The Kier molecular flexibility index (Phi) is 8.42. The Hall–Kier alpha value is -7.11. The zero-order chi connectivity index (χ0) is 40.6. The molecule has 0 aliphatic rings. The third-order valence-electron chi connectivity index (χ3n) is 11.6. The van der Waals surface area contributed by atoms with Gasteiger partial charge in [0, 0.05) is 27.5 Å². The predicted octanol–water partition coefficient (Wildman–Crippen LogP) is 7.53. The Morgan fingerprint density at radius 2 is 0.683 bits per heavy atom. The van der Waals surface area contributed by atoms with Crippen LogP contribution < -0.4 is 27.3 Å². The third-order valence-corrected chi connectivity index (χ3v) is 11.6. The summed E-state index contributed by atoms with van der Waals surface area (Å²) in [5.41, 5.74) is 8.29. The van der Waals surface area contributed by atoms with Gasteiger partial charge in [0.15, 0.2) is 17.5 Å². The molecule has 0 fully saturated rings. The Labute approximate surface area is 352 Å². The average Bonchev–Trinajstić information content (AvgIpc) is 3.68. The Morgan fingerprint density at radius 1 is 0.283 bits per heavy atom. The van der Waals surface area contributed by atoms with E-state index in [1.165, 1.54) is 32.3 Å². The van der Waals surface area contributed by atoms with Crippen LogP contribution in [0.25, 0.3) is 111 Å². The number of hydrogen-bond donors (Lipinski definition) is 0. The molecule has 10 radical (unpaired) electrons. The molecule has 4 nitrogen and oxygen atoms in total. The Balaban J connectivity index is 1.01. The van der Waals surface area contributed by atoms with Crippen LogP contribution in [0.5, 0.6) is 0 Å². The van der Waals surface area contributed by atoms with Gasteiger partial charge in [-0.2, -0.15) is 0 Å². The smallest absolute Gasteiger partial charge is 0.164 e. The van der Waals surface area contributed by atoms with E-state index in [9.17, 15) is 0 Å². The molecule has 2 aromatic heterocycles. The van der Waals surface area contributed by atoms with Crippen molar-refractivity contribution in [1.82, 2.24) is 15.0 Å². The summed E-state index contributed by atoms with van der Waals surface area (Å²) in [6.07, 6.45) is 0. The molecule has 266 valence electrons. The highest BCUT2D eigenvalue weighted by molar-refractivity contribution is 6.68. The first-order valence-electron chi connectivity index (χ1n) is 19.5. The normalized spacial score (nSPS) is 11.7. The van der Waals surface area contributed by atoms with Crippen LogP contribution in [-0.4, -0.2) is 54.2 Å². The van der Waals surface area contributed by atoms with Gasteiger partial charge in [-0.1, -0.05) is 132 Å². The number of hydrogen-bond acceptors (Lipinski definition) is 4. The fourth-order valence-corrected chi connectivity index (χ4v) is 8.51. The minimum Gasteiger partial charge on any atom is -0.456 e. The second kappa shape index (κ2) is 14.0. The molecule has 0 saturated carbocycles. The molecule has 0 N–H and O–H groups in total. The number of furan rings is 1. The summed E-state index contributed by atoms with van der Waals surface area (Å²) in [4.78, 5) is 14.9.